The van der Waals surface area contributed by atoms with Crippen LogP contribution < -0.4 is 4.89 Å². The van der Waals surface area contributed by atoms with Crippen molar-refractivity contribution >= 4 is 19.8 Å². The molecule has 0 N–H and O–H groups in total. The molecular weight excluding hydrogens is 1060 g/mol. The van der Waals surface area contributed by atoms with Gasteiger partial charge in [0.15, 0.2) is 6.10 Å². The Morgan fingerprint density at radius 2 is 0.679 bits per heavy atom. The SMILES string of the molecule is CC/C=C\C/C=C\C/C=C\C/C=C\C/C=C\CCCCCCCCCCCCCCCCCCCC(=O)OC(COC(=O)CCCCCCCCCCCCCC/C=C\C/C=C\C/C=C\CCCCCCC)COP(=O)([O-])OCC[N+](C)(C)C. The summed E-state index contributed by atoms with van der Waals surface area (Å²) >= 11 is 0. The topological polar surface area (TPSA) is 111 Å². The molecule has 0 rings (SSSR count). The zero-order valence-corrected chi connectivity index (χ0v) is 56.2. The molecule has 0 saturated carbocycles. The minimum Gasteiger partial charge on any atom is -0.756 e. The number of nitrogens with zero attached hydrogens (tertiary/aromatic N) is 1. The summed E-state index contributed by atoms with van der Waals surface area (Å²) in [6.07, 6.45) is 89.1. The lowest BCUT2D eigenvalue weighted by Crippen LogP contribution is -2.37. The molecule has 2 unspecified atom stereocenters. The van der Waals surface area contributed by atoms with Gasteiger partial charge in [0.25, 0.3) is 7.82 Å². The Bertz CT molecular complexity index is 1740. The van der Waals surface area contributed by atoms with Gasteiger partial charge in [-0.3, -0.25) is 14.2 Å². The first-order chi connectivity index (χ1) is 41.0. The van der Waals surface area contributed by atoms with Crippen LogP contribution in [0.25, 0.3) is 0 Å². The lowest BCUT2D eigenvalue weighted by molar-refractivity contribution is -0.870. The van der Waals surface area contributed by atoms with Crippen molar-refractivity contribution in [3.05, 3.63) is 97.2 Å². The summed E-state index contributed by atoms with van der Waals surface area (Å²) < 4.78 is 34.3. The maximum absolute atomic E-state index is 12.9. The van der Waals surface area contributed by atoms with Gasteiger partial charge in [0.1, 0.15) is 19.8 Å². The number of phosphoric ester groups is 1. The maximum Gasteiger partial charge on any atom is 0.306 e. The van der Waals surface area contributed by atoms with Crippen molar-refractivity contribution in [2.45, 2.75) is 315 Å². The number of rotatable bonds is 64. The van der Waals surface area contributed by atoms with E-state index in [1.807, 2.05) is 21.1 Å². The highest BCUT2D eigenvalue weighted by molar-refractivity contribution is 7.45. The molecule has 10 heteroatoms. The Kier molecular flexibility index (Phi) is 62.1. The van der Waals surface area contributed by atoms with E-state index in [-0.39, 0.29) is 32.0 Å². The van der Waals surface area contributed by atoms with Crippen molar-refractivity contribution in [2.75, 3.05) is 47.5 Å². The van der Waals surface area contributed by atoms with Crippen LogP contribution in [0.5, 0.6) is 0 Å². The molecule has 0 spiro atoms. The zero-order valence-electron chi connectivity index (χ0n) is 55.3. The molecule has 9 nitrogen and oxygen atoms in total. The van der Waals surface area contributed by atoms with E-state index >= 15 is 0 Å². The molecule has 0 fully saturated rings. The molecule has 486 valence electrons. The molecule has 0 radical (unpaired) electrons. The van der Waals surface area contributed by atoms with Crippen LogP contribution in [0.15, 0.2) is 97.2 Å². The fraction of sp³-hybridized carbons (Fsp3) is 0.757. The van der Waals surface area contributed by atoms with E-state index < -0.39 is 26.5 Å². The molecule has 0 aromatic rings. The molecule has 0 amide bonds. The Balaban J connectivity index is 4.04. The van der Waals surface area contributed by atoms with Crippen LogP contribution in [0.1, 0.15) is 309 Å². The second-order valence-electron chi connectivity index (χ2n) is 24.5. The summed E-state index contributed by atoms with van der Waals surface area (Å²) in [4.78, 5) is 38.1. The number of likely N-dealkylation sites (N-methyl/N-ethyl adjacent to an activating group) is 1. The molecule has 0 aliphatic carbocycles. The van der Waals surface area contributed by atoms with Gasteiger partial charge in [-0.25, -0.2) is 0 Å². The van der Waals surface area contributed by atoms with E-state index in [4.69, 9.17) is 18.5 Å². The van der Waals surface area contributed by atoms with Gasteiger partial charge in [0.2, 0.25) is 0 Å². The average molecular weight is 1190 g/mol. The number of phosphoric acid groups is 1. The van der Waals surface area contributed by atoms with E-state index in [0.29, 0.717) is 17.4 Å². The summed E-state index contributed by atoms with van der Waals surface area (Å²) in [5.41, 5.74) is 0. The quantitative estimate of drug-likeness (QED) is 0.0195. The number of hydrogen-bond donors (Lipinski definition) is 0. The van der Waals surface area contributed by atoms with Gasteiger partial charge in [-0.2, -0.15) is 0 Å². The van der Waals surface area contributed by atoms with Gasteiger partial charge in [-0.15, -0.1) is 0 Å². The smallest absolute Gasteiger partial charge is 0.306 e. The first-order valence-corrected chi connectivity index (χ1v) is 36.4. The molecule has 0 heterocycles. The van der Waals surface area contributed by atoms with E-state index in [9.17, 15) is 19.0 Å². The highest BCUT2D eigenvalue weighted by Gasteiger charge is 2.22. The Hall–Kier alpha value is -3.07. The van der Waals surface area contributed by atoms with Crippen molar-refractivity contribution in [1.82, 2.24) is 0 Å². The summed E-state index contributed by atoms with van der Waals surface area (Å²) in [6, 6.07) is 0. The van der Waals surface area contributed by atoms with Crippen molar-refractivity contribution in [3.8, 4) is 0 Å². The van der Waals surface area contributed by atoms with E-state index in [2.05, 4.69) is 111 Å². The number of carbonyl (C=O) groups is 2. The molecular formula is C74H132NO8P. The molecule has 0 aromatic carbocycles. The standard InChI is InChI=1S/C74H132NO8P/c1-6-8-10-12-14-16-18-20-22-24-26-28-30-32-34-35-36-37-38-39-41-43-45-47-49-51-53-55-57-59-61-63-65-67-74(77)83-72(71-82-84(78,79)81-69-68-75(3,4)5)70-80-73(76)66-64-62-60-58-56-54-52-50-48-46-44-42-40-33-31-29-27-25-23-21-19-17-15-13-11-9-7-2/h8,10,14,16,19-22,25-28,31-34,72H,6-7,9,11-13,15,17-18,23-24,29-30,35-71H2,1-5H3/b10-8-,16-14-,21-19-,22-20-,27-25-,28-26-,33-31-,34-32-. The van der Waals surface area contributed by atoms with Crippen LogP contribution in [0.4, 0.5) is 0 Å². The lowest BCUT2D eigenvalue weighted by atomic mass is 10.0. The van der Waals surface area contributed by atoms with Crippen molar-refractivity contribution < 1.29 is 42.1 Å². The first-order valence-electron chi connectivity index (χ1n) is 34.9. The average Bonchev–Trinajstić information content (AvgIpc) is 3.61. The molecule has 0 aromatic heterocycles. The Morgan fingerprint density at radius 3 is 1.01 bits per heavy atom. The normalized spacial score (nSPS) is 13.7. The van der Waals surface area contributed by atoms with E-state index in [0.717, 1.165) is 83.5 Å². The van der Waals surface area contributed by atoms with Crippen molar-refractivity contribution in [3.63, 3.8) is 0 Å². The summed E-state index contributed by atoms with van der Waals surface area (Å²) in [7, 11) is 1.17. The van der Waals surface area contributed by atoms with Crippen LogP contribution in [-0.2, 0) is 32.7 Å². The third-order valence-corrected chi connectivity index (χ3v) is 16.1. The van der Waals surface area contributed by atoms with Gasteiger partial charge < -0.3 is 27.9 Å². The Labute approximate surface area is 519 Å². The molecule has 0 bridgehead atoms. The highest BCUT2D eigenvalue weighted by atomic mass is 31.2. The summed E-state index contributed by atoms with van der Waals surface area (Å²) in [6.45, 7) is 4.14. The van der Waals surface area contributed by atoms with Crippen LogP contribution in [-0.4, -0.2) is 70.0 Å². The predicted molar refractivity (Wildman–Crippen MR) is 360 cm³/mol. The van der Waals surface area contributed by atoms with Gasteiger partial charge in [-0.05, 0) is 96.3 Å². The monoisotopic (exact) mass is 1190 g/mol. The molecule has 84 heavy (non-hydrogen) atoms. The molecule has 0 aliphatic heterocycles. The fourth-order valence-electron chi connectivity index (χ4n) is 9.75. The largest absolute Gasteiger partial charge is 0.756 e. The number of ether oxygens (including phenoxy) is 2. The number of allylic oxidation sites excluding steroid dienone is 16. The third kappa shape index (κ3) is 68.0. The fourth-order valence-corrected chi connectivity index (χ4v) is 10.5. The minimum atomic E-state index is -4.65. The number of carbonyl (C=O) groups excluding carboxylic acids is 2. The zero-order chi connectivity index (χ0) is 61.2. The number of quaternary nitrogens is 1. The first kappa shape index (κ1) is 80.9. The Morgan fingerprint density at radius 1 is 0.381 bits per heavy atom. The summed E-state index contributed by atoms with van der Waals surface area (Å²) in [5.74, 6) is -0.827. The summed E-state index contributed by atoms with van der Waals surface area (Å²) in [5, 5.41) is 0. The highest BCUT2D eigenvalue weighted by Crippen LogP contribution is 2.38. The second-order valence-corrected chi connectivity index (χ2v) is 25.9. The molecule has 0 aliphatic rings. The third-order valence-electron chi connectivity index (χ3n) is 15.1. The van der Waals surface area contributed by atoms with Crippen molar-refractivity contribution in [1.29, 1.82) is 0 Å². The van der Waals surface area contributed by atoms with Crippen LogP contribution >= 0.6 is 7.82 Å². The van der Waals surface area contributed by atoms with Crippen LogP contribution in [0, 0.1) is 0 Å². The van der Waals surface area contributed by atoms with Gasteiger partial charge in [0, 0.05) is 12.8 Å². The molecule has 2 atom stereocenters. The maximum atomic E-state index is 12.9. The number of unbranched alkanes of at least 4 members (excludes halogenated alkanes) is 34. The number of hydrogen-bond acceptors (Lipinski definition) is 8. The minimum absolute atomic E-state index is 0.0332. The predicted octanol–water partition coefficient (Wildman–Crippen LogP) is 22.1. The van der Waals surface area contributed by atoms with Crippen LogP contribution in [0.3, 0.4) is 0 Å². The van der Waals surface area contributed by atoms with Gasteiger partial charge in [-0.1, -0.05) is 297 Å². The van der Waals surface area contributed by atoms with Gasteiger partial charge in [0.05, 0.1) is 27.7 Å². The number of esters is 2. The van der Waals surface area contributed by atoms with Gasteiger partial charge >= 0.3 is 11.9 Å². The van der Waals surface area contributed by atoms with E-state index in [1.165, 1.54) is 193 Å². The second kappa shape index (κ2) is 64.4. The van der Waals surface area contributed by atoms with Crippen molar-refractivity contribution in [2.24, 2.45) is 0 Å². The van der Waals surface area contributed by atoms with Crippen LogP contribution in [0.2, 0.25) is 0 Å². The molecule has 0 saturated heterocycles. The van der Waals surface area contributed by atoms with E-state index in [1.54, 1.807) is 0 Å². The lowest BCUT2D eigenvalue weighted by Gasteiger charge is -2.28.